The number of nitrogens with one attached hydrogen (secondary N) is 1. The molecule has 3 atom stereocenters. The zero-order valence-electron chi connectivity index (χ0n) is 20.7. The van der Waals surface area contributed by atoms with Crippen LogP contribution in [0.1, 0.15) is 28.3 Å². The molecule has 3 unspecified atom stereocenters. The van der Waals surface area contributed by atoms with Crippen molar-refractivity contribution in [1.82, 2.24) is 29.6 Å². The average Bonchev–Trinajstić information content (AvgIpc) is 3.42. The standard InChI is InChI=1S/C28H19BrN8O3/c29-22-3-1-4-24(33-22)34-28(40)21-14-17-7-9-19(17)37(21)25(38)15-36-20-8-5-16(6-10-23-31-11-2-12-32-23)13-18(20)26(35-36)27(30)39/h1-5,8,11-13,17,19,21H,14-15H2,(H2,30,39)(H,33,34,40). The normalized spacial score (nSPS) is 18.5. The molecule has 3 N–H and O–H groups in total. The summed E-state index contributed by atoms with van der Waals surface area (Å²) in [6, 6.07) is 10.9. The first-order valence-electron chi connectivity index (χ1n) is 12.2. The number of rotatable bonds is 5. The van der Waals surface area contributed by atoms with Gasteiger partial charge in [0.05, 0.1) is 11.4 Å². The van der Waals surface area contributed by atoms with Gasteiger partial charge in [-0.2, -0.15) is 5.10 Å². The van der Waals surface area contributed by atoms with Gasteiger partial charge in [-0.05, 0) is 64.7 Å². The largest absolute Gasteiger partial charge is 0.364 e. The highest BCUT2D eigenvalue weighted by Gasteiger charge is 2.48. The number of carbonyl (C=O) groups excluding carboxylic acids is 3. The van der Waals surface area contributed by atoms with E-state index >= 15 is 0 Å². The predicted molar refractivity (Wildman–Crippen MR) is 147 cm³/mol. The molecule has 4 aromatic rings. The maximum atomic E-state index is 13.6. The van der Waals surface area contributed by atoms with Crippen LogP contribution in [-0.2, 0) is 16.1 Å². The Morgan fingerprint density at radius 3 is 2.65 bits per heavy atom. The summed E-state index contributed by atoms with van der Waals surface area (Å²) in [5.74, 6) is 11.1. The summed E-state index contributed by atoms with van der Waals surface area (Å²) in [6.07, 6.45) is 3.61. The van der Waals surface area contributed by atoms with Crippen LogP contribution in [0.5, 0.6) is 0 Å². The molecule has 2 aliphatic rings. The van der Waals surface area contributed by atoms with Gasteiger partial charge in [-0.1, -0.05) is 23.8 Å². The van der Waals surface area contributed by atoms with Crippen LogP contribution < -0.4 is 11.1 Å². The number of pyridine rings is 1. The van der Waals surface area contributed by atoms with E-state index in [1.807, 2.05) is 0 Å². The Morgan fingerprint density at radius 1 is 1.10 bits per heavy atom. The first-order chi connectivity index (χ1) is 19.4. The molecular weight excluding hydrogens is 576 g/mol. The molecule has 12 heteroatoms. The molecule has 4 heterocycles. The zero-order chi connectivity index (χ0) is 27.8. The van der Waals surface area contributed by atoms with Crippen LogP contribution in [-0.4, -0.2) is 59.4 Å². The number of anilines is 1. The minimum Gasteiger partial charge on any atom is -0.364 e. The molecule has 0 spiro atoms. The highest BCUT2D eigenvalue weighted by Crippen LogP contribution is 2.35. The molecule has 196 valence electrons. The molecule has 3 aromatic heterocycles. The second-order valence-corrected chi connectivity index (χ2v) is 9.96. The Morgan fingerprint density at radius 2 is 1.93 bits per heavy atom. The topological polar surface area (TPSA) is 149 Å². The molecule has 1 fully saturated rings. The third kappa shape index (κ3) is 4.77. The summed E-state index contributed by atoms with van der Waals surface area (Å²) in [4.78, 5) is 52.9. The number of nitrogens with two attached hydrogens (primary N) is 1. The predicted octanol–water partition coefficient (Wildman–Crippen LogP) is 1.72. The fraction of sp³-hybridized carbons (Fsp3) is 0.179. The number of fused-ring (bicyclic) bond motifs is 2. The van der Waals surface area contributed by atoms with Gasteiger partial charge in [-0.25, -0.2) is 15.0 Å². The Labute approximate surface area is 236 Å². The van der Waals surface area contributed by atoms with Crippen LogP contribution in [0.4, 0.5) is 5.82 Å². The van der Waals surface area contributed by atoms with Crippen molar-refractivity contribution in [2.45, 2.75) is 25.0 Å². The van der Waals surface area contributed by atoms with Gasteiger partial charge < -0.3 is 16.0 Å². The smallest absolute Gasteiger partial charge is 0.269 e. The van der Waals surface area contributed by atoms with Crippen molar-refractivity contribution in [2.75, 3.05) is 5.32 Å². The Kier molecular flexibility index (Phi) is 6.46. The fourth-order valence-corrected chi connectivity index (χ4v) is 5.13. The van der Waals surface area contributed by atoms with Crippen LogP contribution >= 0.6 is 15.9 Å². The minimum absolute atomic E-state index is 0.0140. The van der Waals surface area contributed by atoms with Crippen LogP contribution in [0.2, 0.25) is 0 Å². The molecule has 1 aromatic carbocycles. The molecular formula is C28H19BrN8O3. The number of aromatic nitrogens is 5. The van der Waals surface area contributed by atoms with Crippen LogP contribution in [0.3, 0.4) is 0 Å². The van der Waals surface area contributed by atoms with E-state index in [0.717, 1.165) is 0 Å². The van der Waals surface area contributed by atoms with Crippen molar-refractivity contribution >= 4 is 50.4 Å². The van der Waals surface area contributed by atoms with E-state index in [1.165, 1.54) is 9.58 Å². The van der Waals surface area contributed by atoms with Crippen LogP contribution in [0.15, 0.2) is 59.5 Å². The van der Waals surface area contributed by atoms with E-state index in [1.54, 1.807) is 54.9 Å². The quantitative estimate of drug-likeness (QED) is 0.264. The summed E-state index contributed by atoms with van der Waals surface area (Å²) in [5, 5.41) is 7.58. The first-order valence-corrected chi connectivity index (χ1v) is 13.0. The third-order valence-corrected chi connectivity index (χ3v) is 7.06. The van der Waals surface area contributed by atoms with Gasteiger partial charge in [0.2, 0.25) is 17.6 Å². The van der Waals surface area contributed by atoms with Gasteiger partial charge in [0.15, 0.2) is 5.69 Å². The number of nitrogens with zero attached hydrogens (tertiary/aromatic N) is 6. The van der Waals surface area contributed by atoms with Crippen molar-refractivity contribution in [2.24, 2.45) is 11.7 Å². The lowest BCUT2D eigenvalue weighted by Gasteiger charge is -2.29. The van der Waals surface area contributed by atoms with Gasteiger partial charge in [0, 0.05) is 23.3 Å². The summed E-state index contributed by atoms with van der Waals surface area (Å²) in [6.45, 7) is -0.212. The second kappa shape index (κ2) is 10.2. The summed E-state index contributed by atoms with van der Waals surface area (Å²) in [5.41, 5.74) is 6.75. The maximum Gasteiger partial charge on any atom is 0.269 e. The van der Waals surface area contributed by atoms with E-state index in [-0.39, 0.29) is 36.0 Å². The molecule has 6 rings (SSSR count). The number of hydrogen-bond acceptors (Lipinski definition) is 7. The number of halogens is 1. The summed E-state index contributed by atoms with van der Waals surface area (Å²) < 4.78 is 1.99. The van der Waals surface area contributed by atoms with E-state index in [9.17, 15) is 14.4 Å². The van der Waals surface area contributed by atoms with E-state index in [4.69, 9.17) is 5.73 Å². The van der Waals surface area contributed by atoms with Crippen LogP contribution in [0, 0.1) is 29.6 Å². The van der Waals surface area contributed by atoms with Crippen molar-refractivity contribution in [3.8, 4) is 23.7 Å². The first kappa shape index (κ1) is 25.2. The maximum absolute atomic E-state index is 13.6. The molecule has 1 saturated heterocycles. The van der Waals surface area contributed by atoms with Gasteiger partial charge in [0.25, 0.3) is 5.91 Å². The highest BCUT2D eigenvalue weighted by atomic mass is 79.9. The minimum atomic E-state index is -0.745. The van der Waals surface area contributed by atoms with Gasteiger partial charge >= 0.3 is 0 Å². The van der Waals surface area contributed by atoms with E-state index in [0.29, 0.717) is 39.1 Å². The lowest BCUT2D eigenvalue weighted by Crippen LogP contribution is -2.49. The highest BCUT2D eigenvalue weighted by molar-refractivity contribution is 9.10. The third-order valence-electron chi connectivity index (χ3n) is 6.62. The number of amides is 3. The van der Waals surface area contributed by atoms with Gasteiger partial charge in [-0.15, -0.1) is 0 Å². The molecule has 1 aliphatic carbocycles. The summed E-state index contributed by atoms with van der Waals surface area (Å²) >= 11 is 3.29. The molecule has 40 heavy (non-hydrogen) atoms. The molecule has 0 bridgehead atoms. The van der Waals surface area contributed by atoms with E-state index in [2.05, 4.69) is 65.0 Å². The Balaban J connectivity index is 1.27. The molecule has 0 saturated carbocycles. The number of primary amides is 1. The van der Waals surface area contributed by atoms with Gasteiger partial charge in [0.1, 0.15) is 29.0 Å². The number of carbonyl (C=O) groups is 3. The van der Waals surface area contributed by atoms with Crippen LogP contribution in [0.25, 0.3) is 10.9 Å². The average molecular weight is 595 g/mol. The molecule has 0 radical (unpaired) electrons. The summed E-state index contributed by atoms with van der Waals surface area (Å²) in [7, 11) is 0. The second-order valence-electron chi connectivity index (χ2n) is 9.15. The van der Waals surface area contributed by atoms with Gasteiger partial charge in [-0.3, -0.25) is 19.1 Å². The number of benzene rings is 1. The lowest BCUT2D eigenvalue weighted by molar-refractivity contribution is -0.138. The molecule has 3 amide bonds. The van der Waals surface area contributed by atoms with Crippen molar-refractivity contribution in [3.05, 3.63) is 76.5 Å². The lowest BCUT2D eigenvalue weighted by atomic mass is 9.92. The molecule has 11 nitrogen and oxygen atoms in total. The van der Waals surface area contributed by atoms with E-state index < -0.39 is 11.9 Å². The Bertz CT molecular complexity index is 1820. The zero-order valence-corrected chi connectivity index (χ0v) is 22.3. The molecule has 1 aliphatic heterocycles. The number of hydrogen-bond donors (Lipinski definition) is 2. The van der Waals surface area contributed by atoms with Crippen molar-refractivity contribution < 1.29 is 14.4 Å². The number of likely N-dealkylation sites (tertiary alicyclic amines) is 1. The van der Waals surface area contributed by atoms with Crippen molar-refractivity contribution in [3.63, 3.8) is 0 Å². The monoisotopic (exact) mass is 594 g/mol. The Hall–Kier alpha value is -5.07. The van der Waals surface area contributed by atoms with Crippen molar-refractivity contribution in [1.29, 1.82) is 0 Å². The SMILES string of the molecule is NC(=O)c1nn(CC(=O)N2C(C(=O)Nc3cccc(Br)n3)CC3C#CC32)c2ccc(C#Cc3ncccn3)cc12. The fourth-order valence-electron chi connectivity index (χ4n) is 4.79.